The van der Waals surface area contributed by atoms with Crippen LogP contribution in [0.15, 0.2) is 127 Å². The molecule has 1 heterocycles. The van der Waals surface area contributed by atoms with Crippen LogP contribution in [0.1, 0.15) is 11.8 Å². The second kappa shape index (κ2) is 7.72. The molecule has 182 valence electrons. The summed E-state index contributed by atoms with van der Waals surface area (Å²) >= 11 is 0. The molecule has 1 atom stereocenters. The highest BCUT2D eigenvalue weighted by molar-refractivity contribution is 6.19. The molecule has 2 aliphatic rings. The predicted molar refractivity (Wildman–Crippen MR) is 162 cm³/mol. The lowest BCUT2D eigenvalue weighted by Crippen LogP contribution is -2.09. The van der Waals surface area contributed by atoms with Gasteiger partial charge in [-0.1, -0.05) is 115 Å². The third-order valence-corrected chi connectivity index (χ3v) is 8.44. The van der Waals surface area contributed by atoms with Crippen LogP contribution in [0.2, 0.25) is 0 Å². The summed E-state index contributed by atoms with van der Waals surface area (Å²) in [5.41, 5.74) is 9.99. The fraction of sp³-hybridized carbons (Fsp3) is 0.0270. The lowest BCUT2D eigenvalue weighted by Gasteiger charge is -2.13. The van der Waals surface area contributed by atoms with Crippen LogP contribution in [-0.2, 0) is 0 Å². The van der Waals surface area contributed by atoms with Crippen LogP contribution >= 0.6 is 0 Å². The maximum absolute atomic E-state index is 6.54. The van der Waals surface area contributed by atoms with E-state index in [1.807, 2.05) is 6.07 Å². The highest BCUT2D eigenvalue weighted by Gasteiger charge is 2.26. The summed E-state index contributed by atoms with van der Waals surface area (Å²) in [5.74, 6) is 0.933. The molecule has 0 amide bonds. The molecule has 39 heavy (non-hydrogen) atoms. The summed E-state index contributed by atoms with van der Waals surface area (Å²) in [7, 11) is 0. The predicted octanol–water partition coefficient (Wildman–Crippen LogP) is 9.96. The highest BCUT2D eigenvalue weighted by atomic mass is 16.5. The normalized spacial score (nSPS) is 14.8. The maximum Gasteiger partial charge on any atom is 0.196 e. The number of benzene rings is 7. The van der Waals surface area contributed by atoms with Crippen molar-refractivity contribution in [1.29, 1.82) is 0 Å². The summed E-state index contributed by atoms with van der Waals surface area (Å²) in [6.45, 7) is 0. The minimum absolute atomic E-state index is 0.181. The first-order valence-corrected chi connectivity index (χ1v) is 13.5. The quantitative estimate of drug-likeness (QED) is 0.240. The van der Waals surface area contributed by atoms with Crippen LogP contribution in [0, 0.1) is 0 Å². The van der Waals surface area contributed by atoms with E-state index in [2.05, 4.69) is 127 Å². The van der Waals surface area contributed by atoms with Gasteiger partial charge in [-0.15, -0.1) is 0 Å². The van der Waals surface area contributed by atoms with Crippen molar-refractivity contribution in [2.24, 2.45) is 0 Å². The number of rotatable bonds is 2. The van der Waals surface area contributed by atoms with Crippen molar-refractivity contribution in [3.63, 3.8) is 0 Å². The molecule has 1 N–H and O–H groups in total. The Labute approximate surface area is 226 Å². The number of hydrogen-bond acceptors (Lipinski definition) is 2. The van der Waals surface area contributed by atoms with Crippen molar-refractivity contribution < 1.29 is 4.74 Å². The van der Waals surface area contributed by atoms with Crippen LogP contribution in [0.4, 0.5) is 5.69 Å². The van der Waals surface area contributed by atoms with Gasteiger partial charge in [0.25, 0.3) is 0 Å². The third-order valence-electron chi connectivity index (χ3n) is 8.44. The average molecular weight is 498 g/mol. The lowest BCUT2D eigenvalue weighted by molar-refractivity contribution is 0.263. The van der Waals surface area contributed by atoms with E-state index in [-0.39, 0.29) is 6.23 Å². The Balaban J connectivity index is 1.21. The van der Waals surface area contributed by atoms with Gasteiger partial charge >= 0.3 is 0 Å². The van der Waals surface area contributed by atoms with Gasteiger partial charge in [-0.2, -0.15) is 0 Å². The van der Waals surface area contributed by atoms with Crippen molar-refractivity contribution in [1.82, 2.24) is 0 Å². The van der Waals surface area contributed by atoms with E-state index in [4.69, 9.17) is 4.74 Å². The number of hydrogen-bond donors (Lipinski definition) is 1. The molecule has 2 nitrogen and oxygen atoms in total. The van der Waals surface area contributed by atoms with Gasteiger partial charge in [-0.25, -0.2) is 0 Å². The van der Waals surface area contributed by atoms with Crippen molar-refractivity contribution >= 4 is 38.0 Å². The molecule has 1 aliphatic heterocycles. The smallest absolute Gasteiger partial charge is 0.196 e. The highest BCUT2D eigenvalue weighted by Crippen LogP contribution is 2.50. The van der Waals surface area contributed by atoms with Gasteiger partial charge in [0.05, 0.1) is 5.69 Å². The summed E-state index contributed by atoms with van der Waals surface area (Å²) in [4.78, 5) is 0. The molecule has 0 saturated heterocycles. The molecule has 2 heteroatoms. The SMILES string of the molecule is c1ccc(C2Nc3ccc4ccc5cc(-c6ccc7c8c(cccc68)-c6ccccc6-7)ccc5c4c3O2)cc1. The molecule has 0 aromatic heterocycles. The Morgan fingerprint density at radius 2 is 1.21 bits per heavy atom. The summed E-state index contributed by atoms with van der Waals surface area (Å²) < 4.78 is 6.54. The minimum Gasteiger partial charge on any atom is -0.464 e. The van der Waals surface area contributed by atoms with Gasteiger partial charge in [0.15, 0.2) is 12.0 Å². The van der Waals surface area contributed by atoms with Gasteiger partial charge in [-0.3, -0.25) is 0 Å². The van der Waals surface area contributed by atoms with Gasteiger partial charge in [0.2, 0.25) is 0 Å². The fourth-order valence-corrected chi connectivity index (χ4v) is 6.65. The molecule has 0 radical (unpaired) electrons. The number of ether oxygens (including phenoxy) is 1. The van der Waals surface area contributed by atoms with Crippen LogP contribution in [0.25, 0.3) is 65.7 Å². The van der Waals surface area contributed by atoms with E-state index < -0.39 is 0 Å². The Morgan fingerprint density at radius 1 is 0.487 bits per heavy atom. The molecule has 7 aromatic rings. The molecule has 0 bridgehead atoms. The molecule has 1 unspecified atom stereocenters. The largest absolute Gasteiger partial charge is 0.464 e. The molecule has 7 aromatic carbocycles. The van der Waals surface area contributed by atoms with Crippen molar-refractivity contribution in [2.45, 2.75) is 6.23 Å². The first-order chi connectivity index (χ1) is 19.3. The first-order valence-electron chi connectivity index (χ1n) is 13.5. The van der Waals surface area contributed by atoms with Gasteiger partial charge in [0.1, 0.15) is 0 Å². The molecule has 9 rings (SSSR count). The number of fused-ring (bicyclic) bond motifs is 8. The topological polar surface area (TPSA) is 21.3 Å². The molecular formula is C37H23NO. The Kier molecular flexibility index (Phi) is 4.14. The summed E-state index contributed by atoms with van der Waals surface area (Å²) in [5, 5.41) is 11.0. The monoisotopic (exact) mass is 497 g/mol. The molecule has 1 aliphatic carbocycles. The molecule has 0 saturated carbocycles. The van der Waals surface area contributed by atoms with Crippen LogP contribution in [-0.4, -0.2) is 0 Å². The van der Waals surface area contributed by atoms with E-state index >= 15 is 0 Å². The Morgan fingerprint density at radius 3 is 2.08 bits per heavy atom. The second-order valence-corrected chi connectivity index (χ2v) is 10.5. The summed E-state index contributed by atoms with van der Waals surface area (Å²) in [6.07, 6.45) is -0.181. The Hall–Kier alpha value is -5.08. The molecule has 0 spiro atoms. The van der Waals surface area contributed by atoms with Crippen LogP contribution in [0.5, 0.6) is 5.75 Å². The van der Waals surface area contributed by atoms with Crippen LogP contribution < -0.4 is 10.1 Å². The number of anilines is 1. The molecule has 0 fully saturated rings. The van der Waals surface area contributed by atoms with E-state index in [1.165, 1.54) is 65.7 Å². The average Bonchev–Trinajstić information content (AvgIpc) is 3.58. The van der Waals surface area contributed by atoms with Crippen molar-refractivity contribution in [2.75, 3.05) is 5.32 Å². The van der Waals surface area contributed by atoms with Crippen molar-refractivity contribution in [3.8, 4) is 39.1 Å². The summed E-state index contributed by atoms with van der Waals surface area (Å²) in [6, 6.07) is 46.0. The van der Waals surface area contributed by atoms with Crippen LogP contribution in [0.3, 0.4) is 0 Å². The van der Waals surface area contributed by atoms with Gasteiger partial charge in [-0.05, 0) is 72.4 Å². The zero-order valence-corrected chi connectivity index (χ0v) is 21.1. The standard InChI is InChI=1S/C37H23NO/c1-2-7-23(8-3-1)37-38-33-20-16-22-13-14-25-21-24(15-17-27(25)34(22)36(33)39-37)26-18-19-32-29-10-5-4-9-28(29)31-12-6-11-30(26)35(31)32/h1-21,37-38H. The van der Waals surface area contributed by atoms with E-state index in [0.29, 0.717) is 0 Å². The minimum atomic E-state index is -0.181. The fourth-order valence-electron chi connectivity index (χ4n) is 6.65. The first kappa shape index (κ1) is 20.9. The van der Waals surface area contributed by atoms with Gasteiger partial charge < -0.3 is 10.1 Å². The van der Waals surface area contributed by atoms with Gasteiger partial charge in [0, 0.05) is 10.9 Å². The van der Waals surface area contributed by atoms with E-state index in [1.54, 1.807) is 0 Å². The lowest BCUT2D eigenvalue weighted by atomic mass is 9.92. The van der Waals surface area contributed by atoms with E-state index in [0.717, 1.165) is 17.0 Å². The zero-order valence-electron chi connectivity index (χ0n) is 21.1. The molecular weight excluding hydrogens is 474 g/mol. The van der Waals surface area contributed by atoms with E-state index in [9.17, 15) is 0 Å². The second-order valence-electron chi connectivity index (χ2n) is 10.5. The Bertz CT molecular complexity index is 2100. The maximum atomic E-state index is 6.54. The van der Waals surface area contributed by atoms with Crippen molar-refractivity contribution in [3.05, 3.63) is 133 Å². The third kappa shape index (κ3) is 2.91. The number of nitrogens with one attached hydrogen (secondary N) is 1. The zero-order chi connectivity index (χ0) is 25.5.